The summed E-state index contributed by atoms with van der Waals surface area (Å²) in [6.07, 6.45) is 3.51. The molecule has 0 unspecified atom stereocenters. The fourth-order valence-electron chi connectivity index (χ4n) is 1.83. The number of nitrogens with zero attached hydrogens (tertiary/aromatic N) is 2. The van der Waals surface area contributed by atoms with Gasteiger partial charge in [0.25, 0.3) is 0 Å². The number of hydrogen-bond donors (Lipinski definition) is 1. The summed E-state index contributed by atoms with van der Waals surface area (Å²) in [6.45, 7) is 6.34. The summed E-state index contributed by atoms with van der Waals surface area (Å²) in [6, 6.07) is 0. The molecule has 82 valence electrons. The fourth-order valence-corrected chi connectivity index (χ4v) is 1.83. The molecule has 0 spiro atoms. The Morgan fingerprint density at radius 3 is 2.71 bits per heavy atom. The molecule has 1 aliphatic heterocycles. The molecule has 0 radical (unpaired) electrons. The van der Waals surface area contributed by atoms with Crippen LogP contribution in [0.2, 0.25) is 0 Å². The van der Waals surface area contributed by atoms with Crippen LogP contribution in [0, 0.1) is 0 Å². The minimum absolute atomic E-state index is 0.183. The van der Waals surface area contributed by atoms with Gasteiger partial charge in [0.05, 0.1) is 13.2 Å². The lowest BCUT2D eigenvalue weighted by Crippen LogP contribution is -2.46. The van der Waals surface area contributed by atoms with Gasteiger partial charge in [-0.1, -0.05) is 13.3 Å². The van der Waals surface area contributed by atoms with E-state index in [0.29, 0.717) is 0 Å². The summed E-state index contributed by atoms with van der Waals surface area (Å²) >= 11 is 0. The summed E-state index contributed by atoms with van der Waals surface area (Å²) in [4.78, 5) is 14.9. The predicted octanol–water partition coefficient (Wildman–Crippen LogP) is 0.836. The Kier molecular flexibility index (Phi) is 4.90. The number of carboxylic acid groups (broad SMARTS) is 1. The molecule has 0 saturated carbocycles. The van der Waals surface area contributed by atoms with Crippen LogP contribution in [0.4, 0.5) is 0 Å². The Bertz CT molecular complexity index is 185. The van der Waals surface area contributed by atoms with Gasteiger partial charge >= 0.3 is 5.97 Å². The van der Waals surface area contributed by atoms with E-state index < -0.39 is 5.97 Å². The van der Waals surface area contributed by atoms with Gasteiger partial charge in [0.15, 0.2) is 0 Å². The fraction of sp³-hybridized carbons (Fsp3) is 0.900. The van der Waals surface area contributed by atoms with Crippen molar-refractivity contribution in [2.24, 2.45) is 0 Å². The topological polar surface area (TPSA) is 43.8 Å². The van der Waals surface area contributed by atoms with Crippen molar-refractivity contribution in [1.82, 2.24) is 9.80 Å². The molecule has 0 aromatic rings. The van der Waals surface area contributed by atoms with Crippen LogP contribution in [-0.4, -0.2) is 53.7 Å². The predicted molar refractivity (Wildman–Crippen MR) is 55.2 cm³/mol. The zero-order valence-corrected chi connectivity index (χ0v) is 8.91. The van der Waals surface area contributed by atoms with Crippen molar-refractivity contribution < 1.29 is 9.90 Å². The highest BCUT2D eigenvalue weighted by Crippen LogP contribution is 2.06. The molecule has 0 aromatic carbocycles. The normalized spacial score (nSPS) is 19.8. The highest BCUT2D eigenvalue weighted by molar-refractivity contribution is 5.69. The van der Waals surface area contributed by atoms with E-state index >= 15 is 0 Å². The van der Waals surface area contributed by atoms with E-state index in [1.807, 2.05) is 4.90 Å². The van der Waals surface area contributed by atoms with Crippen LogP contribution in [0.25, 0.3) is 0 Å². The van der Waals surface area contributed by atoms with Crippen LogP contribution in [0.5, 0.6) is 0 Å². The van der Waals surface area contributed by atoms with Crippen molar-refractivity contribution in [2.45, 2.75) is 26.2 Å². The standard InChI is InChI=1S/C10H20N2O2/c1-2-3-5-11-6-4-7-12(9-11)8-10(13)14/h2-9H2,1H3,(H,13,14). The second-order valence-electron chi connectivity index (χ2n) is 3.91. The molecule has 1 rings (SSSR count). The second kappa shape index (κ2) is 5.98. The lowest BCUT2D eigenvalue weighted by molar-refractivity contribution is -0.139. The molecule has 0 bridgehead atoms. The molecule has 1 N–H and O–H groups in total. The third-order valence-electron chi connectivity index (χ3n) is 2.54. The monoisotopic (exact) mass is 200 g/mol. The summed E-state index contributed by atoms with van der Waals surface area (Å²) in [7, 11) is 0. The van der Waals surface area contributed by atoms with Gasteiger partial charge in [-0.2, -0.15) is 0 Å². The van der Waals surface area contributed by atoms with Gasteiger partial charge in [-0.25, -0.2) is 0 Å². The summed E-state index contributed by atoms with van der Waals surface area (Å²) in [5.41, 5.74) is 0. The highest BCUT2D eigenvalue weighted by Gasteiger charge is 2.18. The van der Waals surface area contributed by atoms with Crippen LogP contribution < -0.4 is 0 Å². The first-order valence-electron chi connectivity index (χ1n) is 5.39. The second-order valence-corrected chi connectivity index (χ2v) is 3.91. The molecule has 4 heteroatoms. The molecule has 1 saturated heterocycles. The molecule has 1 fully saturated rings. The molecule has 0 amide bonds. The maximum atomic E-state index is 10.5. The van der Waals surface area contributed by atoms with Gasteiger partial charge in [0.1, 0.15) is 0 Å². The number of carbonyl (C=O) groups is 1. The lowest BCUT2D eigenvalue weighted by atomic mass is 10.2. The molecule has 0 aliphatic carbocycles. The van der Waals surface area contributed by atoms with Crippen molar-refractivity contribution >= 4 is 5.97 Å². The first-order chi connectivity index (χ1) is 6.72. The van der Waals surface area contributed by atoms with Crippen molar-refractivity contribution in [3.05, 3.63) is 0 Å². The summed E-state index contributed by atoms with van der Waals surface area (Å²) in [5, 5.41) is 8.67. The maximum absolute atomic E-state index is 10.5. The van der Waals surface area contributed by atoms with E-state index in [1.165, 1.54) is 12.8 Å². The van der Waals surface area contributed by atoms with Gasteiger partial charge in [0, 0.05) is 13.1 Å². The average molecular weight is 200 g/mol. The van der Waals surface area contributed by atoms with Crippen molar-refractivity contribution in [3.63, 3.8) is 0 Å². The third kappa shape index (κ3) is 4.07. The van der Waals surface area contributed by atoms with Crippen LogP contribution in [-0.2, 0) is 4.79 Å². The number of hydrogen-bond acceptors (Lipinski definition) is 3. The van der Waals surface area contributed by atoms with Crippen molar-refractivity contribution in [3.8, 4) is 0 Å². The van der Waals surface area contributed by atoms with Crippen LogP contribution in [0.15, 0.2) is 0 Å². The largest absolute Gasteiger partial charge is 0.480 e. The first kappa shape index (κ1) is 11.5. The molecule has 0 aromatic heterocycles. The van der Waals surface area contributed by atoms with Crippen molar-refractivity contribution in [1.29, 1.82) is 0 Å². The van der Waals surface area contributed by atoms with Gasteiger partial charge in [-0.05, 0) is 19.4 Å². The minimum atomic E-state index is -0.720. The molecule has 1 aliphatic rings. The minimum Gasteiger partial charge on any atom is -0.480 e. The Morgan fingerprint density at radius 1 is 1.36 bits per heavy atom. The van der Waals surface area contributed by atoms with Gasteiger partial charge in [-0.3, -0.25) is 14.6 Å². The van der Waals surface area contributed by atoms with Crippen LogP contribution in [0.3, 0.4) is 0 Å². The van der Waals surface area contributed by atoms with Gasteiger partial charge < -0.3 is 5.11 Å². The third-order valence-corrected chi connectivity index (χ3v) is 2.54. The Hall–Kier alpha value is -0.610. The van der Waals surface area contributed by atoms with E-state index in [2.05, 4.69) is 11.8 Å². The average Bonchev–Trinajstić information content (AvgIpc) is 2.14. The Labute approximate surface area is 85.5 Å². The quantitative estimate of drug-likeness (QED) is 0.714. The zero-order valence-electron chi connectivity index (χ0n) is 8.91. The van der Waals surface area contributed by atoms with E-state index in [9.17, 15) is 4.79 Å². The van der Waals surface area contributed by atoms with Crippen LogP contribution >= 0.6 is 0 Å². The number of rotatable bonds is 5. The Morgan fingerprint density at radius 2 is 2.07 bits per heavy atom. The summed E-state index contributed by atoms with van der Waals surface area (Å²) < 4.78 is 0. The SMILES string of the molecule is CCCCN1CCCN(CC(=O)O)C1. The summed E-state index contributed by atoms with van der Waals surface area (Å²) in [5.74, 6) is -0.720. The molecular weight excluding hydrogens is 180 g/mol. The Balaban J connectivity index is 2.24. The molecule has 14 heavy (non-hydrogen) atoms. The molecule has 4 nitrogen and oxygen atoms in total. The first-order valence-corrected chi connectivity index (χ1v) is 5.39. The lowest BCUT2D eigenvalue weighted by Gasteiger charge is -2.34. The highest BCUT2D eigenvalue weighted by atomic mass is 16.4. The smallest absolute Gasteiger partial charge is 0.317 e. The van der Waals surface area contributed by atoms with E-state index in [0.717, 1.165) is 32.7 Å². The van der Waals surface area contributed by atoms with E-state index in [4.69, 9.17) is 5.11 Å². The van der Waals surface area contributed by atoms with E-state index in [1.54, 1.807) is 0 Å². The van der Waals surface area contributed by atoms with Gasteiger partial charge in [-0.15, -0.1) is 0 Å². The van der Waals surface area contributed by atoms with Crippen molar-refractivity contribution in [2.75, 3.05) is 32.8 Å². The maximum Gasteiger partial charge on any atom is 0.317 e. The molecule has 0 atom stereocenters. The molecule has 1 heterocycles. The number of aliphatic carboxylic acids is 1. The van der Waals surface area contributed by atoms with Gasteiger partial charge in [0.2, 0.25) is 0 Å². The van der Waals surface area contributed by atoms with E-state index in [-0.39, 0.29) is 6.54 Å². The number of unbranched alkanes of at least 4 members (excludes halogenated alkanes) is 1. The van der Waals surface area contributed by atoms with Crippen LogP contribution in [0.1, 0.15) is 26.2 Å². The molecular formula is C10H20N2O2. The number of carboxylic acids is 1. The zero-order chi connectivity index (χ0) is 10.4.